The first-order chi connectivity index (χ1) is 12.1. The Kier molecular flexibility index (Phi) is 6.39. The molecule has 2 aromatic rings. The lowest BCUT2D eigenvalue weighted by Crippen LogP contribution is -2.10. The Morgan fingerprint density at radius 1 is 0.920 bits per heavy atom. The smallest absolute Gasteiger partial charge is 0.313 e. The molecule has 0 aliphatic heterocycles. The van der Waals surface area contributed by atoms with Gasteiger partial charge in [-0.25, -0.2) is 0 Å². The standard InChI is InChI=1S/C19H20O6/c1-22-16-9-14(15(20)11-18(21)24-3)10-17(23-2)19(16)25-12-13-7-5-4-6-8-13/h4-10H,11-12H2,1-3H3. The predicted octanol–water partition coefficient (Wildman–Crippen LogP) is 3.03. The SMILES string of the molecule is COC(=O)CC(=O)c1cc(OC)c(OCc2ccccc2)c(OC)c1. The van der Waals surface area contributed by atoms with E-state index in [9.17, 15) is 9.59 Å². The number of carbonyl (C=O) groups excluding carboxylic acids is 2. The summed E-state index contributed by atoms with van der Waals surface area (Å²) < 4.78 is 21.0. The van der Waals surface area contributed by atoms with E-state index in [1.165, 1.54) is 33.5 Å². The number of Topliss-reactive ketones (excluding diaryl/α,β-unsaturated/α-hetero) is 1. The zero-order valence-electron chi connectivity index (χ0n) is 14.4. The summed E-state index contributed by atoms with van der Waals surface area (Å²) in [4.78, 5) is 23.5. The van der Waals surface area contributed by atoms with Gasteiger partial charge in [-0.15, -0.1) is 0 Å². The lowest BCUT2D eigenvalue weighted by molar-refractivity contribution is -0.139. The molecule has 6 heteroatoms. The van der Waals surface area contributed by atoms with Crippen LogP contribution < -0.4 is 14.2 Å². The minimum Gasteiger partial charge on any atom is -0.493 e. The summed E-state index contributed by atoms with van der Waals surface area (Å²) in [5.41, 5.74) is 1.27. The molecule has 0 amide bonds. The van der Waals surface area contributed by atoms with Crippen molar-refractivity contribution in [1.82, 2.24) is 0 Å². The molecule has 0 fully saturated rings. The Balaban J connectivity index is 2.27. The first-order valence-corrected chi connectivity index (χ1v) is 7.61. The highest BCUT2D eigenvalue weighted by molar-refractivity contribution is 6.06. The number of hydrogen-bond acceptors (Lipinski definition) is 6. The molecule has 132 valence electrons. The molecule has 0 atom stereocenters. The molecule has 0 aromatic heterocycles. The molecule has 0 bridgehead atoms. The minimum absolute atomic E-state index is 0.283. The highest BCUT2D eigenvalue weighted by Gasteiger charge is 2.19. The monoisotopic (exact) mass is 344 g/mol. The van der Waals surface area contributed by atoms with E-state index >= 15 is 0 Å². The molecule has 0 heterocycles. The van der Waals surface area contributed by atoms with E-state index in [-0.39, 0.29) is 12.0 Å². The van der Waals surface area contributed by atoms with Gasteiger partial charge in [-0.1, -0.05) is 30.3 Å². The molecular weight excluding hydrogens is 324 g/mol. The van der Waals surface area contributed by atoms with Crippen molar-refractivity contribution >= 4 is 11.8 Å². The van der Waals surface area contributed by atoms with Gasteiger partial charge in [0.25, 0.3) is 0 Å². The highest BCUT2D eigenvalue weighted by atomic mass is 16.5. The lowest BCUT2D eigenvalue weighted by Gasteiger charge is -2.16. The molecule has 0 unspecified atom stereocenters. The van der Waals surface area contributed by atoms with Crippen LogP contribution in [0.3, 0.4) is 0 Å². The maximum Gasteiger partial charge on any atom is 0.313 e. The second-order valence-electron chi connectivity index (χ2n) is 5.16. The van der Waals surface area contributed by atoms with Gasteiger partial charge < -0.3 is 18.9 Å². The third kappa shape index (κ3) is 4.73. The lowest BCUT2D eigenvalue weighted by atomic mass is 10.1. The van der Waals surface area contributed by atoms with Crippen molar-refractivity contribution in [2.45, 2.75) is 13.0 Å². The summed E-state index contributed by atoms with van der Waals surface area (Å²) >= 11 is 0. The van der Waals surface area contributed by atoms with Crippen LogP contribution in [0.2, 0.25) is 0 Å². The van der Waals surface area contributed by atoms with E-state index in [0.717, 1.165) is 5.56 Å². The third-order valence-corrected chi connectivity index (χ3v) is 3.54. The topological polar surface area (TPSA) is 71.1 Å². The van der Waals surface area contributed by atoms with Gasteiger partial charge in [0.05, 0.1) is 21.3 Å². The second kappa shape index (κ2) is 8.73. The number of rotatable bonds is 8. The molecule has 0 radical (unpaired) electrons. The van der Waals surface area contributed by atoms with Gasteiger partial charge in [-0.2, -0.15) is 0 Å². The molecule has 0 N–H and O–H groups in total. The molecule has 0 spiro atoms. The van der Waals surface area contributed by atoms with E-state index in [1.807, 2.05) is 30.3 Å². The number of benzene rings is 2. The zero-order chi connectivity index (χ0) is 18.2. The van der Waals surface area contributed by atoms with E-state index in [0.29, 0.717) is 23.9 Å². The van der Waals surface area contributed by atoms with Crippen LogP contribution in [0.5, 0.6) is 17.2 Å². The van der Waals surface area contributed by atoms with Crippen molar-refractivity contribution in [3.05, 3.63) is 53.6 Å². The maximum atomic E-state index is 12.2. The molecule has 2 rings (SSSR count). The number of methoxy groups -OCH3 is 3. The Labute approximate surface area is 146 Å². The van der Waals surface area contributed by atoms with Crippen LogP contribution in [0.1, 0.15) is 22.3 Å². The Morgan fingerprint density at radius 2 is 1.52 bits per heavy atom. The van der Waals surface area contributed by atoms with Crippen LogP contribution in [0.25, 0.3) is 0 Å². The summed E-state index contributed by atoms with van der Waals surface area (Å²) in [6.07, 6.45) is -0.354. The van der Waals surface area contributed by atoms with Gasteiger partial charge in [0.2, 0.25) is 5.75 Å². The third-order valence-electron chi connectivity index (χ3n) is 3.54. The zero-order valence-corrected chi connectivity index (χ0v) is 14.4. The summed E-state index contributed by atoms with van der Waals surface area (Å²) in [5, 5.41) is 0. The van der Waals surface area contributed by atoms with Crippen LogP contribution in [-0.2, 0) is 16.1 Å². The molecule has 6 nitrogen and oxygen atoms in total. The van der Waals surface area contributed by atoms with E-state index in [2.05, 4.69) is 4.74 Å². The summed E-state index contributed by atoms with van der Waals surface area (Å²) in [6.45, 7) is 0.322. The molecule has 0 saturated carbocycles. The quantitative estimate of drug-likeness (QED) is 0.416. The summed E-state index contributed by atoms with van der Waals surface area (Å²) in [5.74, 6) is 0.0980. The normalized spacial score (nSPS) is 10.0. The fraction of sp³-hybridized carbons (Fsp3) is 0.263. The van der Waals surface area contributed by atoms with Gasteiger partial charge >= 0.3 is 5.97 Å². The number of ether oxygens (including phenoxy) is 4. The maximum absolute atomic E-state index is 12.2. The first-order valence-electron chi connectivity index (χ1n) is 7.61. The Morgan fingerprint density at radius 3 is 2.04 bits per heavy atom. The van der Waals surface area contributed by atoms with Gasteiger partial charge in [0, 0.05) is 5.56 Å². The summed E-state index contributed by atoms with van der Waals surface area (Å²) in [7, 11) is 4.18. The van der Waals surface area contributed by atoms with Crippen LogP contribution in [-0.4, -0.2) is 33.1 Å². The largest absolute Gasteiger partial charge is 0.493 e. The van der Waals surface area contributed by atoms with Crippen molar-refractivity contribution < 1.29 is 28.5 Å². The van der Waals surface area contributed by atoms with E-state index < -0.39 is 11.8 Å². The molecule has 25 heavy (non-hydrogen) atoms. The molecule has 2 aromatic carbocycles. The fourth-order valence-electron chi connectivity index (χ4n) is 2.22. The minimum atomic E-state index is -0.604. The van der Waals surface area contributed by atoms with Gasteiger partial charge in [0.15, 0.2) is 17.3 Å². The van der Waals surface area contributed by atoms with Crippen LogP contribution >= 0.6 is 0 Å². The number of esters is 1. The molecular formula is C19H20O6. The van der Waals surface area contributed by atoms with E-state index in [4.69, 9.17) is 14.2 Å². The van der Waals surface area contributed by atoms with Crippen molar-refractivity contribution in [3.8, 4) is 17.2 Å². The summed E-state index contributed by atoms with van der Waals surface area (Å²) in [6, 6.07) is 12.7. The van der Waals surface area contributed by atoms with Crippen molar-refractivity contribution in [3.63, 3.8) is 0 Å². The second-order valence-corrected chi connectivity index (χ2v) is 5.16. The van der Waals surface area contributed by atoms with Gasteiger partial charge in [-0.05, 0) is 17.7 Å². The molecule has 0 aliphatic rings. The molecule has 0 saturated heterocycles. The van der Waals surface area contributed by atoms with E-state index in [1.54, 1.807) is 0 Å². The average molecular weight is 344 g/mol. The van der Waals surface area contributed by atoms with Crippen molar-refractivity contribution in [2.75, 3.05) is 21.3 Å². The molecule has 0 aliphatic carbocycles. The van der Waals surface area contributed by atoms with Crippen LogP contribution in [0.15, 0.2) is 42.5 Å². The van der Waals surface area contributed by atoms with Gasteiger partial charge in [-0.3, -0.25) is 9.59 Å². The van der Waals surface area contributed by atoms with Crippen LogP contribution in [0, 0.1) is 0 Å². The van der Waals surface area contributed by atoms with Gasteiger partial charge in [0.1, 0.15) is 13.0 Å². The first kappa shape index (κ1) is 18.3. The van der Waals surface area contributed by atoms with Crippen molar-refractivity contribution in [1.29, 1.82) is 0 Å². The van der Waals surface area contributed by atoms with Crippen molar-refractivity contribution in [2.24, 2.45) is 0 Å². The van der Waals surface area contributed by atoms with Crippen LogP contribution in [0.4, 0.5) is 0 Å². The average Bonchev–Trinajstić information content (AvgIpc) is 2.66. The Bertz CT molecular complexity index is 714. The predicted molar refractivity (Wildman–Crippen MR) is 91.3 cm³/mol. The fourth-order valence-corrected chi connectivity index (χ4v) is 2.22. The number of hydrogen-bond donors (Lipinski definition) is 0. The number of carbonyl (C=O) groups is 2. The highest BCUT2D eigenvalue weighted by Crippen LogP contribution is 2.39. The Hall–Kier alpha value is -3.02. The number of ketones is 1.